The van der Waals surface area contributed by atoms with Crippen molar-refractivity contribution in [3.8, 4) is 11.5 Å². The lowest BCUT2D eigenvalue weighted by molar-refractivity contribution is 0.105. The number of hydrogen-bond donors (Lipinski definition) is 3. The molecule has 0 amide bonds. The van der Waals surface area contributed by atoms with Crippen LogP contribution < -0.4 is 14.8 Å². The molecule has 0 saturated carbocycles. The Morgan fingerprint density at radius 3 is 2.80 bits per heavy atom. The second-order valence-corrected chi connectivity index (χ2v) is 7.03. The highest BCUT2D eigenvalue weighted by Gasteiger charge is 2.18. The number of benzene rings is 2. The summed E-state index contributed by atoms with van der Waals surface area (Å²) in [4.78, 5) is 7.65. The van der Waals surface area contributed by atoms with E-state index in [4.69, 9.17) is 9.47 Å². The Morgan fingerprint density at radius 1 is 1.07 bits per heavy atom. The van der Waals surface area contributed by atoms with Gasteiger partial charge in [-0.25, -0.2) is 0 Å². The van der Waals surface area contributed by atoms with Crippen LogP contribution in [-0.4, -0.2) is 41.4 Å². The van der Waals surface area contributed by atoms with Crippen LogP contribution in [0.1, 0.15) is 17.3 Å². The van der Waals surface area contributed by atoms with E-state index >= 15 is 0 Å². The minimum Gasteiger partial charge on any atom is -0.497 e. The molecule has 0 spiro atoms. The maximum absolute atomic E-state index is 10.5. The monoisotopic (exact) mass is 403 g/mol. The summed E-state index contributed by atoms with van der Waals surface area (Å²) in [6, 6.07) is 21.3. The number of nitrogens with one attached hydrogen (secondary N) is 2. The molecule has 0 unspecified atom stereocenters. The van der Waals surface area contributed by atoms with Gasteiger partial charge in [-0.2, -0.15) is 0 Å². The second kappa shape index (κ2) is 9.43. The van der Waals surface area contributed by atoms with Crippen LogP contribution in [0, 0.1) is 0 Å². The topological polar surface area (TPSA) is 79.4 Å². The molecule has 2 atom stereocenters. The molecule has 2 aromatic heterocycles. The summed E-state index contributed by atoms with van der Waals surface area (Å²) >= 11 is 0. The first-order valence-electron chi connectivity index (χ1n) is 9.90. The van der Waals surface area contributed by atoms with Crippen LogP contribution in [-0.2, 0) is 0 Å². The average Bonchev–Trinajstić information content (AvgIpc) is 3.28. The minimum absolute atomic E-state index is 0.177. The lowest BCUT2D eigenvalue weighted by atomic mass is 10.0. The van der Waals surface area contributed by atoms with E-state index in [1.807, 2.05) is 72.9 Å². The molecular formula is C24H25N3O3. The van der Waals surface area contributed by atoms with Gasteiger partial charge in [-0.1, -0.05) is 24.3 Å². The van der Waals surface area contributed by atoms with E-state index in [1.165, 1.54) is 0 Å². The van der Waals surface area contributed by atoms with Gasteiger partial charge < -0.3 is 24.9 Å². The highest BCUT2D eigenvalue weighted by Crippen LogP contribution is 2.25. The quantitative estimate of drug-likeness (QED) is 0.397. The fourth-order valence-corrected chi connectivity index (χ4v) is 3.44. The number of aromatic amines is 1. The molecule has 0 saturated heterocycles. The van der Waals surface area contributed by atoms with E-state index < -0.39 is 6.10 Å². The molecule has 6 heteroatoms. The van der Waals surface area contributed by atoms with Crippen LogP contribution in [0.5, 0.6) is 11.5 Å². The third kappa shape index (κ3) is 4.62. The van der Waals surface area contributed by atoms with E-state index in [9.17, 15) is 5.11 Å². The van der Waals surface area contributed by atoms with Gasteiger partial charge in [-0.05, 0) is 48.0 Å². The predicted octanol–water partition coefficient (Wildman–Crippen LogP) is 3.69. The highest BCUT2D eigenvalue weighted by molar-refractivity contribution is 5.85. The molecule has 3 N–H and O–H groups in total. The molecule has 0 aliphatic carbocycles. The molecule has 0 bridgehead atoms. The maximum Gasteiger partial charge on any atom is 0.128 e. The van der Waals surface area contributed by atoms with Crippen molar-refractivity contribution < 1.29 is 14.6 Å². The zero-order valence-electron chi connectivity index (χ0n) is 16.8. The molecule has 30 heavy (non-hydrogen) atoms. The van der Waals surface area contributed by atoms with Gasteiger partial charge >= 0.3 is 0 Å². The number of aliphatic hydroxyl groups is 1. The summed E-state index contributed by atoms with van der Waals surface area (Å²) < 4.78 is 11.2. The summed E-state index contributed by atoms with van der Waals surface area (Å²) in [5.74, 6) is 1.53. The fourth-order valence-electron chi connectivity index (χ4n) is 3.44. The van der Waals surface area contributed by atoms with Gasteiger partial charge in [-0.15, -0.1) is 0 Å². The average molecular weight is 403 g/mol. The van der Waals surface area contributed by atoms with Crippen molar-refractivity contribution in [2.45, 2.75) is 12.1 Å². The number of H-pyrrole nitrogens is 1. The summed E-state index contributed by atoms with van der Waals surface area (Å²) in [7, 11) is 1.65. The van der Waals surface area contributed by atoms with Gasteiger partial charge in [0.1, 0.15) is 24.2 Å². The van der Waals surface area contributed by atoms with Crippen LogP contribution in [0.15, 0.2) is 79.1 Å². The normalized spacial score (nSPS) is 13.1. The summed E-state index contributed by atoms with van der Waals surface area (Å²) in [6.07, 6.45) is 2.96. The largest absolute Gasteiger partial charge is 0.497 e. The Kier molecular flexibility index (Phi) is 6.27. The standard InChI is InChI=1S/C24H25N3O3/c1-29-19-7-4-6-17(14-19)24(22-8-2-3-12-25-22)27-15-18(28)16-30-23-10-5-9-21-20(23)11-13-26-21/h2-14,18,24,26-28H,15-16H2,1H3/t18-,24-/m0/s1. The van der Waals surface area contributed by atoms with E-state index in [0.29, 0.717) is 6.54 Å². The highest BCUT2D eigenvalue weighted by atomic mass is 16.5. The van der Waals surface area contributed by atoms with Crippen LogP contribution in [0.25, 0.3) is 10.9 Å². The number of aromatic nitrogens is 2. The molecular weight excluding hydrogens is 378 g/mol. The van der Waals surface area contributed by atoms with Crippen LogP contribution in [0.4, 0.5) is 0 Å². The molecule has 0 aliphatic heterocycles. The summed E-state index contributed by atoms with van der Waals surface area (Å²) in [5, 5.41) is 15.0. The molecule has 2 heterocycles. The number of hydrogen-bond acceptors (Lipinski definition) is 5. The van der Waals surface area contributed by atoms with Crippen molar-refractivity contribution in [3.05, 3.63) is 90.4 Å². The van der Waals surface area contributed by atoms with Crippen molar-refractivity contribution in [2.75, 3.05) is 20.3 Å². The first kappa shape index (κ1) is 19.9. The predicted molar refractivity (Wildman–Crippen MR) is 117 cm³/mol. The first-order valence-corrected chi connectivity index (χ1v) is 9.90. The zero-order valence-corrected chi connectivity index (χ0v) is 16.8. The van der Waals surface area contributed by atoms with E-state index in [-0.39, 0.29) is 12.6 Å². The molecule has 4 rings (SSSR count). The van der Waals surface area contributed by atoms with Crippen molar-refractivity contribution in [1.29, 1.82) is 0 Å². The summed E-state index contributed by atoms with van der Waals surface area (Å²) in [5.41, 5.74) is 2.89. The lowest BCUT2D eigenvalue weighted by Crippen LogP contribution is -2.34. The van der Waals surface area contributed by atoms with Gasteiger partial charge in [0, 0.05) is 29.8 Å². The number of fused-ring (bicyclic) bond motifs is 1. The molecule has 2 aromatic carbocycles. The van der Waals surface area contributed by atoms with Crippen LogP contribution in [0.2, 0.25) is 0 Å². The zero-order chi connectivity index (χ0) is 20.8. The Hall–Kier alpha value is -3.35. The molecule has 0 fully saturated rings. The van der Waals surface area contributed by atoms with E-state index in [0.717, 1.165) is 33.7 Å². The van der Waals surface area contributed by atoms with Crippen LogP contribution >= 0.6 is 0 Å². The van der Waals surface area contributed by atoms with E-state index in [1.54, 1.807) is 13.3 Å². The van der Waals surface area contributed by atoms with Crippen molar-refractivity contribution in [3.63, 3.8) is 0 Å². The summed E-state index contributed by atoms with van der Waals surface area (Å²) in [6.45, 7) is 0.534. The van der Waals surface area contributed by atoms with Gasteiger partial charge in [-0.3, -0.25) is 4.98 Å². The van der Waals surface area contributed by atoms with Gasteiger partial charge in [0.25, 0.3) is 0 Å². The van der Waals surface area contributed by atoms with Crippen molar-refractivity contribution in [2.24, 2.45) is 0 Å². The Morgan fingerprint density at radius 2 is 1.97 bits per heavy atom. The van der Waals surface area contributed by atoms with Crippen molar-refractivity contribution in [1.82, 2.24) is 15.3 Å². The lowest BCUT2D eigenvalue weighted by Gasteiger charge is -2.21. The molecule has 0 aliphatic rings. The van der Waals surface area contributed by atoms with Crippen LogP contribution in [0.3, 0.4) is 0 Å². The second-order valence-electron chi connectivity index (χ2n) is 7.03. The molecule has 6 nitrogen and oxygen atoms in total. The molecule has 154 valence electrons. The number of methoxy groups -OCH3 is 1. The Bertz CT molecular complexity index is 1080. The third-order valence-electron chi connectivity index (χ3n) is 4.95. The Balaban J connectivity index is 1.43. The molecule has 0 radical (unpaired) electrons. The number of aliphatic hydroxyl groups excluding tert-OH is 1. The molecule has 4 aromatic rings. The fraction of sp³-hybridized carbons (Fsp3) is 0.208. The third-order valence-corrected chi connectivity index (χ3v) is 4.95. The minimum atomic E-state index is -0.684. The number of rotatable bonds is 9. The maximum atomic E-state index is 10.5. The number of nitrogens with zero attached hydrogens (tertiary/aromatic N) is 1. The van der Waals surface area contributed by atoms with Gasteiger partial charge in [0.05, 0.1) is 18.8 Å². The van der Waals surface area contributed by atoms with E-state index in [2.05, 4.69) is 15.3 Å². The SMILES string of the molecule is COc1cccc([C@H](NC[C@H](O)COc2cccc3[nH]ccc23)c2ccccn2)c1. The number of pyridine rings is 1. The smallest absolute Gasteiger partial charge is 0.128 e. The van der Waals surface area contributed by atoms with Gasteiger partial charge in [0.15, 0.2) is 0 Å². The van der Waals surface area contributed by atoms with Crippen molar-refractivity contribution >= 4 is 10.9 Å². The first-order chi connectivity index (χ1) is 14.7. The Labute approximate surface area is 175 Å². The van der Waals surface area contributed by atoms with Gasteiger partial charge in [0.2, 0.25) is 0 Å². The number of ether oxygens (including phenoxy) is 2.